The van der Waals surface area contributed by atoms with Crippen LogP contribution < -0.4 is 0 Å². The predicted octanol–water partition coefficient (Wildman–Crippen LogP) is 0.242. The molecule has 1 aliphatic rings. The molecule has 5 heteroatoms. The summed E-state index contributed by atoms with van der Waals surface area (Å²) >= 11 is 0. The van der Waals surface area contributed by atoms with Crippen molar-refractivity contribution in [1.82, 2.24) is 9.88 Å². The Morgan fingerprint density at radius 1 is 1.62 bits per heavy atom. The van der Waals surface area contributed by atoms with Crippen LogP contribution in [-0.4, -0.2) is 45.7 Å². The molecule has 0 bridgehead atoms. The van der Waals surface area contributed by atoms with Gasteiger partial charge in [-0.1, -0.05) is 0 Å². The zero-order chi connectivity index (χ0) is 11.5. The highest BCUT2D eigenvalue weighted by atomic mass is 16.3. The largest absolute Gasteiger partial charge is 0.505 e. The van der Waals surface area contributed by atoms with Crippen LogP contribution in [0.3, 0.4) is 0 Å². The number of aromatic nitrogens is 1. The molecule has 1 amide bonds. The molecule has 2 rings (SSSR count). The van der Waals surface area contributed by atoms with Gasteiger partial charge in [0, 0.05) is 31.8 Å². The van der Waals surface area contributed by atoms with Crippen molar-refractivity contribution < 1.29 is 15.0 Å². The number of carbonyl (C=O) groups is 1. The maximum atomic E-state index is 12.0. The lowest BCUT2D eigenvalue weighted by atomic mass is 10.1. The maximum absolute atomic E-state index is 12.0. The molecule has 1 aromatic rings. The van der Waals surface area contributed by atoms with Crippen molar-refractivity contribution in [2.45, 2.75) is 6.42 Å². The van der Waals surface area contributed by atoms with E-state index in [0.717, 1.165) is 6.42 Å². The molecule has 1 saturated heterocycles. The Balaban J connectivity index is 2.12. The summed E-state index contributed by atoms with van der Waals surface area (Å²) in [6.45, 7) is 1.24. The number of likely N-dealkylation sites (tertiary alicyclic amines) is 1. The van der Waals surface area contributed by atoms with E-state index >= 15 is 0 Å². The van der Waals surface area contributed by atoms with Crippen molar-refractivity contribution in [3.05, 3.63) is 24.0 Å². The van der Waals surface area contributed by atoms with E-state index in [1.165, 1.54) is 12.3 Å². The fourth-order valence-corrected chi connectivity index (χ4v) is 1.88. The van der Waals surface area contributed by atoms with Crippen LogP contribution in [0.1, 0.15) is 16.9 Å². The van der Waals surface area contributed by atoms with Gasteiger partial charge in [0.1, 0.15) is 5.75 Å². The number of hydrogen-bond donors (Lipinski definition) is 2. The smallest absolute Gasteiger partial charge is 0.276 e. The molecule has 2 N–H and O–H groups in total. The van der Waals surface area contributed by atoms with Crippen LogP contribution in [0, 0.1) is 5.92 Å². The first-order valence-corrected chi connectivity index (χ1v) is 5.26. The predicted molar refractivity (Wildman–Crippen MR) is 57.0 cm³/mol. The van der Waals surface area contributed by atoms with E-state index in [4.69, 9.17) is 5.11 Å². The van der Waals surface area contributed by atoms with Gasteiger partial charge >= 0.3 is 0 Å². The minimum atomic E-state index is -0.269. The van der Waals surface area contributed by atoms with Gasteiger partial charge in [0.05, 0.1) is 0 Å². The number of rotatable bonds is 2. The van der Waals surface area contributed by atoms with Gasteiger partial charge in [0.25, 0.3) is 5.91 Å². The molecule has 1 atom stereocenters. The number of hydrogen-bond acceptors (Lipinski definition) is 4. The summed E-state index contributed by atoms with van der Waals surface area (Å²) in [7, 11) is 0. The minimum absolute atomic E-state index is 0.0843. The van der Waals surface area contributed by atoms with Gasteiger partial charge in [-0.2, -0.15) is 0 Å². The summed E-state index contributed by atoms with van der Waals surface area (Å²) in [5.41, 5.74) is 0.0843. The van der Waals surface area contributed by atoms with E-state index in [2.05, 4.69) is 4.98 Å². The number of carbonyl (C=O) groups excluding carboxylic acids is 1. The van der Waals surface area contributed by atoms with Gasteiger partial charge in [-0.05, 0) is 18.6 Å². The Bertz CT molecular complexity index is 395. The molecule has 1 aliphatic heterocycles. The van der Waals surface area contributed by atoms with Crippen molar-refractivity contribution in [2.24, 2.45) is 5.92 Å². The Morgan fingerprint density at radius 2 is 2.44 bits per heavy atom. The Hall–Kier alpha value is -1.62. The highest BCUT2D eigenvalue weighted by Crippen LogP contribution is 2.21. The number of pyridine rings is 1. The average Bonchev–Trinajstić information content (AvgIpc) is 2.77. The lowest BCUT2D eigenvalue weighted by Crippen LogP contribution is -2.29. The Morgan fingerprint density at radius 3 is 3.06 bits per heavy atom. The second-order valence-electron chi connectivity index (χ2n) is 3.96. The molecule has 0 spiro atoms. The van der Waals surface area contributed by atoms with Gasteiger partial charge in [0.15, 0.2) is 5.69 Å². The molecule has 0 aliphatic carbocycles. The van der Waals surface area contributed by atoms with Crippen LogP contribution in [-0.2, 0) is 0 Å². The molecule has 1 fully saturated rings. The van der Waals surface area contributed by atoms with Gasteiger partial charge in [0.2, 0.25) is 0 Å². The first-order chi connectivity index (χ1) is 7.72. The number of aliphatic hydroxyl groups excluding tert-OH is 1. The van der Waals surface area contributed by atoms with E-state index in [9.17, 15) is 9.90 Å². The van der Waals surface area contributed by atoms with Gasteiger partial charge in [-0.3, -0.25) is 4.79 Å². The monoisotopic (exact) mass is 222 g/mol. The summed E-state index contributed by atoms with van der Waals surface area (Å²) in [4.78, 5) is 17.4. The summed E-state index contributed by atoms with van der Waals surface area (Å²) in [5.74, 6) is -0.219. The first kappa shape index (κ1) is 10.9. The number of aliphatic hydroxyl groups is 1. The lowest BCUT2D eigenvalue weighted by molar-refractivity contribution is 0.0773. The topological polar surface area (TPSA) is 73.7 Å². The van der Waals surface area contributed by atoms with E-state index < -0.39 is 0 Å². The van der Waals surface area contributed by atoms with E-state index in [1.54, 1.807) is 11.0 Å². The summed E-state index contributed by atoms with van der Waals surface area (Å²) in [5, 5.41) is 18.5. The third-order valence-electron chi connectivity index (χ3n) is 2.82. The standard InChI is InChI=1S/C11H14N2O3/c14-7-8-3-5-13(6-8)11(16)10-9(15)2-1-4-12-10/h1-2,4,8,14-15H,3,5-7H2. The van der Waals surface area contributed by atoms with Crippen LogP contribution >= 0.6 is 0 Å². The van der Waals surface area contributed by atoms with Crippen LogP contribution in [0.25, 0.3) is 0 Å². The Kier molecular flexibility index (Phi) is 3.05. The first-order valence-electron chi connectivity index (χ1n) is 5.26. The highest BCUT2D eigenvalue weighted by molar-refractivity contribution is 5.94. The zero-order valence-corrected chi connectivity index (χ0v) is 8.83. The molecule has 5 nitrogen and oxygen atoms in total. The molecule has 0 radical (unpaired) electrons. The number of amides is 1. The second-order valence-corrected chi connectivity index (χ2v) is 3.96. The number of nitrogens with zero attached hydrogens (tertiary/aromatic N) is 2. The van der Waals surface area contributed by atoms with Gasteiger partial charge < -0.3 is 15.1 Å². The molecule has 1 unspecified atom stereocenters. The van der Waals surface area contributed by atoms with Crippen LogP contribution in [0.4, 0.5) is 0 Å². The fourth-order valence-electron chi connectivity index (χ4n) is 1.88. The van der Waals surface area contributed by atoms with Crippen LogP contribution in [0.2, 0.25) is 0 Å². The molecule has 2 heterocycles. The molecule has 16 heavy (non-hydrogen) atoms. The fraction of sp³-hybridized carbons (Fsp3) is 0.455. The van der Waals surface area contributed by atoms with Crippen LogP contribution in [0.5, 0.6) is 5.75 Å². The zero-order valence-electron chi connectivity index (χ0n) is 8.83. The van der Waals surface area contributed by atoms with Crippen molar-refractivity contribution in [1.29, 1.82) is 0 Å². The third-order valence-corrected chi connectivity index (χ3v) is 2.82. The SMILES string of the molecule is O=C(c1ncccc1O)N1CCC(CO)C1. The average molecular weight is 222 g/mol. The second kappa shape index (κ2) is 4.49. The van der Waals surface area contributed by atoms with Crippen molar-refractivity contribution in [3.8, 4) is 5.75 Å². The third kappa shape index (κ3) is 1.99. The molecule has 0 aromatic carbocycles. The minimum Gasteiger partial charge on any atom is -0.505 e. The lowest BCUT2D eigenvalue weighted by Gasteiger charge is -2.15. The van der Waals surface area contributed by atoms with E-state index in [1.807, 2.05) is 0 Å². The Labute approximate surface area is 93.3 Å². The molecule has 0 saturated carbocycles. The molecular formula is C11H14N2O3. The number of aromatic hydroxyl groups is 1. The molecule has 1 aromatic heterocycles. The van der Waals surface area contributed by atoms with Crippen molar-refractivity contribution in [2.75, 3.05) is 19.7 Å². The van der Waals surface area contributed by atoms with E-state index in [0.29, 0.717) is 13.1 Å². The van der Waals surface area contributed by atoms with Gasteiger partial charge in [-0.15, -0.1) is 0 Å². The summed E-state index contributed by atoms with van der Waals surface area (Å²) < 4.78 is 0. The maximum Gasteiger partial charge on any atom is 0.276 e. The molecular weight excluding hydrogens is 208 g/mol. The van der Waals surface area contributed by atoms with Gasteiger partial charge in [-0.25, -0.2) is 4.98 Å². The summed E-state index contributed by atoms with van der Waals surface area (Å²) in [6, 6.07) is 3.02. The van der Waals surface area contributed by atoms with Crippen molar-refractivity contribution in [3.63, 3.8) is 0 Å². The molecule has 86 valence electrons. The quantitative estimate of drug-likeness (QED) is 0.751. The van der Waals surface area contributed by atoms with Crippen molar-refractivity contribution >= 4 is 5.91 Å². The van der Waals surface area contributed by atoms with Crippen LogP contribution in [0.15, 0.2) is 18.3 Å². The van der Waals surface area contributed by atoms with E-state index in [-0.39, 0.29) is 29.9 Å². The normalized spacial score (nSPS) is 20.1. The summed E-state index contributed by atoms with van der Waals surface area (Å²) in [6.07, 6.45) is 2.28. The highest BCUT2D eigenvalue weighted by Gasteiger charge is 2.28.